The Kier molecular flexibility index (Phi) is 7.82. The molecule has 27 heavy (non-hydrogen) atoms. The lowest BCUT2D eigenvalue weighted by molar-refractivity contribution is -0.139. The number of aromatic hydroxyl groups is 1. The molecule has 0 aliphatic heterocycles. The first-order chi connectivity index (χ1) is 12.2. The summed E-state index contributed by atoms with van der Waals surface area (Å²) in [7, 11) is -3.50. The smallest absolute Gasteiger partial charge is 0.321 e. The molecule has 1 aromatic rings. The highest BCUT2D eigenvalue weighted by atomic mass is 32.2. The first-order valence-corrected chi connectivity index (χ1v) is 11.8. The molecule has 0 amide bonds. The van der Waals surface area contributed by atoms with Crippen LogP contribution in [0.15, 0.2) is 17.0 Å². The molecule has 0 bridgehead atoms. The van der Waals surface area contributed by atoms with Gasteiger partial charge in [0, 0.05) is 21.8 Å². The lowest BCUT2D eigenvalue weighted by Gasteiger charge is -2.28. The van der Waals surface area contributed by atoms with E-state index < -0.39 is 21.6 Å². The van der Waals surface area contributed by atoms with Gasteiger partial charge < -0.3 is 9.84 Å². The number of phenolic OH excluding ortho intramolecular Hbond substituents is 1. The molecule has 0 atom stereocenters. The summed E-state index contributed by atoms with van der Waals surface area (Å²) < 4.78 is 28.8. The molecule has 0 fully saturated rings. The van der Waals surface area contributed by atoms with E-state index in [0.717, 1.165) is 16.0 Å². The van der Waals surface area contributed by atoms with Crippen molar-refractivity contribution in [3.05, 3.63) is 23.3 Å². The third-order valence-electron chi connectivity index (χ3n) is 4.01. The number of rotatable bonds is 7. The number of carbonyl (C=O) groups is 1. The predicted molar refractivity (Wildman–Crippen MR) is 112 cm³/mol. The van der Waals surface area contributed by atoms with Crippen molar-refractivity contribution in [1.29, 1.82) is 0 Å². The molecule has 1 rings (SSSR count). The van der Waals surface area contributed by atoms with E-state index in [1.165, 1.54) is 11.8 Å². The number of ether oxygens (including phenoxy) is 1. The highest BCUT2D eigenvalue weighted by Gasteiger charge is 2.27. The van der Waals surface area contributed by atoms with E-state index in [0.29, 0.717) is 11.5 Å². The van der Waals surface area contributed by atoms with E-state index in [4.69, 9.17) is 4.74 Å². The Labute approximate surface area is 167 Å². The van der Waals surface area contributed by atoms with Gasteiger partial charge in [-0.25, -0.2) is 8.42 Å². The zero-order valence-electron chi connectivity index (χ0n) is 17.4. The Balaban J connectivity index is 3.00. The number of esters is 1. The first kappa shape index (κ1) is 23.8. The second-order valence-electron chi connectivity index (χ2n) is 8.61. The van der Waals surface area contributed by atoms with E-state index >= 15 is 0 Å². The molecule has 7 heteroatoms. The number of benzene rings is 1. The highest BCUT2D eigenvalue weighted by molar-refractivity contribution is 8.00. The van der Waals surface area contributed by atoms with Crippen molar-refractivity contribution in [3.8, 4) is 5.75 Å². The molecule has 0 aliphatic rings. The normalized spacial score (nSPS) is 12.9. The fourth-order valence-electron chi connectivity index (χ4n) is 2.58. The summed E-state index contributed by atoms with van der Waals surface area (Å²) in [6.07, 6.45) is 0. The van der Waals surface area contributed by atoms with Crippen LogP contribution in [-0.4, -0.2) is 43.4 Å². The van der Waals surface area contributed by atoms with Crippen molar-refractivity contribution in [2.24, 2.45) is 0 Å². The standard InChI is InChI=1S/C20H32O5S2/c1-8-25-17(21)13-27(23,24)10-9-26-14-11-15(19(2,3)4)18(22)16(12-14)20(5,6)7/h11-12,22H,8-10,13H2,1-7H3. The third kappa shape index (κ3) is 7.37. The van der Waals surface area contributed by atoms with Gasteiger partial charge in [-0.1, -0.05) is 41.5 Å². The highest BCUT2D eigenvalue weighted by Crippen LogP contribution is 2.41. The van der Waals surface area contributed by atoms with Gasteiger partial charge in [-0.3, -0.25) is 4.79 Å². The lowest BCUT2D eigenvalue weighted by atomic mass is 9.79. The molecule has 5 nitrogen and oxygen atoms in total. The zero-order chi connectivity index (χ0) is 21.0. The van der Waals surface area contributed by atoms with Gasteiger partial charge in [0.05, 0.1) is 12.4 Å². The summed E-state index contributed by atoms with van der Waals surface area (Å²) in [4.78, 5) is 12.3. The summed E-state index contributed by atoms with van der Waals surface area (Å²) in [5.41, 5.74) is 1.20. The van der Waals surface area contributed by atoms with Crippen LogP contribution in [0, 0.1) is 0 Å². The summed E-state index contributed by atoms with van der Waals surface area (Å²) in [6.45, 7) is 14.0. The quantitative estimate of drug-likeness (QED) is 0.533. The minimum atomic E-state index is -3.50. The van der Waals surface area contributed by atoms with E-state index in [1.54, 1.807) is 6.92 Å². The molecule has 0 saturated carbocycles. The molecule has 0 aromatic heterocycles. The van der Waals surface area contributed by atoms with Crippen LogP contribution in [0.4, 0.5) is 0 Å². The molecule has 0 aliphatic carbocycles. The van der Waals surface area contributed by atoms with Crippen molar-refractivity contribution in [2.75, 3.05) is 23.9 Å². The van der Waals surface area contributed by atoms with Crippen molar-refractivity contribution in [1.82, 2.24) is 0 Å². The monoisotopic (exact) mass is 416 g/mol. The Hall–Kier alpha value is -1.21. The Morgan fingerprint density at radius 3 is 1.96 bits per heavy atom. The Morgan fingerprint density at radius 2 is 1.56 bits per heavy atom. The predicted octanol–water partition coefficient (Wildman–Crippen LogP) is 4.06. The molecule has 0 unspecified atom stereocenters. The molecule has 1 N–H and O–H groups in total. The fraction of sp³-hybridized carbons (Fsp3) is 0.650. The molecular formula is C20H32O5S2. The summed E-state index contributed by atoms with van der Waals surface area (Å²) in [5.74, 6) is -0.768. The molecule has 0 saturated heterocycles. The van der Waals surface area contributed by atoms with Crippen LogP contribution in [0.3, 0.4) is 0 Å². The minimum Gasteiger partial charge on any atom is -0.507 e. The van der Waals surface area contributed by atoms with E-state index in [1.807, 2.05) is 53.7 Å². The maximum absolute atomic E-state index is 12.1. The van der Waals surface area contributed by atoms with Gasteiger partial charge in [0.25, 0.3) is 0 Å². The average molecular weight is 417 g/mol. The van der Waals surface area contributed by atoms with Crippen molar-refractivity contribution >= 4 is 27.6 Å². The molecule has 154 valence electrons. The van der Waals surface area contributed by atoms with Crippen LogP contribution in [0.25, 0.3) is 0 Å². The first-order valence-electron chi connectivity index (χ1n) is 9.04. The average Bonchev–Trinajstić information content (AvgIpc) is 2.45. The van der Waals surface area contributed by atoms with E-state index in [9.17, 15) is 18.3 Å². The summed E-state index contributed by atoms with van der Waals surface area (Å²) >= 11 is 1.41. The number of hydrogen-bond donors (Lipinski definition) is 1. The molecular weight excluding hydrogens is 384 g/mol. The minimum absolute atomic E-state index is 0.104. The van der Waals surface area contributed by atoms with Crippen molar-refractivity contribution in [2.45, 2.75) is 64.2 Å². The van der Waals surface area contributed by atoms with Gasteiger partial charge in [0.1, 0.15) is 11.5 Å². The molecule has 0 radical (unpaired) electrons. The number of thioether (sulfide) groups is 1. The van der Waals surface area contributed by atoms with Crippen LogP contribution in [0.2, 0.25) is 0 Å². The number of sulfone groups is 1. The van der Waals surface area contributed by atoms with Gasteiger partial charge in [-0.15, -0.1) is 11.8 Å². The Bertz CT molecular complexity index is 734. The number of hydrogen-bond acceptors (Lipinski definition) is 6. The SMILES string of the molecule is CCOC(=O)CS(=O)(=O)CCSc1cc(C(C)(C)C)c(O)c(C(C)(C)C)c1. The van der Waals surface area contributed by atoms with E-state index in [2.05, 4.69) is 0 Å². The summed E-state index contributed by atoms with van der Waals surface area (Å²) in [5, 5.41) is 10.7. The second kappa shape index (κ2) is 8.86. The van der Waals surface area contributed by atoms with Crippen LogP contribution < -0.4 is 0 Å². The van der Waals surface area contributed by atoms with Gasteiger partial charge in [0.15, 0.2) is 9.84 Å². The topological polar surface area (TPSA) is 80.7 Å². The van der Waals surface area contributed by atoms with E-state index in [-0.39, 0.29) is 23.2 Å². The van der Waals surface area contributed by atoms with Crippen LogP contribution >= 0.6 is 11.8 Å². The van der Waals surface area contributed by atoms with Gasteiger partial charge in [-0.2, -0.15) is 0 Å². The maximum atomic E-state index is 12.1. The Morgan fingerprint density at radius 1 is 1.07 bits per heavy atom. The van der Waals surface area contributed by atoms with Gasteiger partial charge in [0.2, 0.25) is 0 Å². The molecule has 0 heterocycles. The van der Waals surface area contributed by atoms with Gasteiger partial charge >= 0.3 is 5.97 Å². The lowest BCUT2D eigenvalue weighted by Crippen LogP contribution is -2.22. The van der Waals surface area contributed by atoms with Crippen LogP contribution in [0.1, 0.15) is 59.6 Å². The third-order valence-corrected chi connectivity index (χ3v) is 6.74. The molecule has 0 spiro atoms. The second-order valence-corrected chi connectivity index (χ2v) is 12.0. The maximum Gasteiger partial charge on any atom is 0.321 e. The van der Waals surface area contributed by atoms with Crippen molar-refractivity contribution < 1.29 is 23.1 Å². The summed E-state index contributed by atoms with van der Waals surface area (Å²) in [6, 6.07) is 3.85. The van der Waals surface area contributed by atoms with Crippen LogP contribution in [-0.2, 0) is 30.2 Å². The van der Waals surface area contributed by atoms with Gasteiger partial charge in [-0.05, 0) is 29.9 Å². The fourth-order valence-corrected chi connectivity index (χ4v) is 5.15. The van der Waals surface area contributed by atoms with Crippen molar-refractivity contribution in [3.63, 3.8) is 0 Å². The van der Waals surface area contributed by atoms with Crippen LogP contribution in [0.5, 0.6) is 5.75 Å². The zero-order valence-corrected chi connectivity index (χ0v) is 19.0. The number of phenols is 1. The molecule has 1 aromatic carbocycles. The largest absolute Gasteiger partial charge is 0.507 e. The number of carbonyl (C=O) groups excluding carboxylic acids is 1.